The molecule has 5 nitrogen and oxygen atoms in total. The van der Waals surface area contributed by atoms with E-state index in [-0.39, 0.29) is 6.61 Å². The summed E-state index contributed by atoms with van der Waals surface area (Å²) in [6.07, 6.45) is 8.90. The Labute approximate surface area is 110 Å². The first-order valence-corrected chi connectivity index (χ1v) is 8.37. The highest BCUT2D eigenvalue weighted by Gasteiger charge is 2.12. The second-order valence-corrected chi connectivity index (χ2v) is 5.65. The van der Waals surface area contributed by atoms with E-state index in [0.717, 1.165) is 19.4 Å². The lowest BCUT2D eigenvalue weighted by Gasteiger charge is -2.06. The molecule has 0 aromatic rings. The van der Waals surface area contributed by atoms with E-state index in [2.05, 4.69) is 11.4 Å². The van der Waals surface area contributed by atoms with Gasteiger partial charge in [-0.3, -0.25) is 4.52 Å². The van der Waals surface area contributed by atoms with Crippen LogP contribution in [0.25, 0.3) is 0 Å². The summed E-state index contributed by atoms with van der Waals surface area (Å²) in [5.74, 6) is 0. The fourth-order valence-corrected chi connectivity index (χ4v) is 1.94. The number of ether oxygens (including phenoxy) is 1. The molecule has 0 saturated carbocycles. The number of hydrogen-bond acceptors (Lipinski definition) is 3. The van der Waals surface area contributed by atoms with E-state index in [9.17, 15) is 4.57 Å². The van der Waals surface area contributed by atoms with Crippen molar-refractivity contribution in [1.29, 1.82) is 0 Å². The van der Waals surface area contributed by atoms with Crippen LogP contribution in [0.4, 0.5) is 0 Å². The Morgan fingerprint density at radius 1 is 0.833 bits per heavy atom. The third-order valence-electron chi connectivity index (χ3n) is 2.58. The standard InChI is InChI=1S/C12H27O5P/c1-2-3-4-5-6-7-10-16-11-8-9-12-17-18(13,14)15/h2-12H2,1H3,(H2,13,14,15). The average Bonchev–Trinajstić information content (AvgIpc) is 2.29. The molecule has 0 heterocycles. The molecule has 0 spiro atoms. The molecular formula is C12H27O5P. The van der Waals surface area contributed by atoms with Crippen LogP contribution in [0.1, 0.15) is 58.3 Å². The molecule has 0 rings (SSSR count). The largest absolute Gasteiger partial charge is 0.469 e. The summed E-state index contributed by atoms with van der Waals surface area (Å²) in [7, 11) is -4.29. The lowest BCUT2D eigenvalue weighted by molar-refractivity contribution is 0.119. The minimum atomic E-state index is -4.29. The third kappa shape index (κ3) is 16.1. The molecule has 6 heteroatoms. The summed E-state index contributed by atoms with van der Waals surface area (Å²) in [6.45, 7) is 3.72. The summed E-state index contributed by atoms with van der Waals surface area (Å²) in [5.41, 5.74) is 0. The number of phosphoric ester groups is 1. The van der Waals surface area contributed by atoms with Crippen molar-refractivity contribution >= 4 is 7.82 Å². The second-order valence-electron chi connectivity index (χ2n) is 4.41. The molecule has 0 fully saturated rings. The molecule has 0 amide bonds. The van der Waals surface area contributed by atoms with Crippen molar-refractivity contribution in [1.82, 2.24) is 0 Å². The maximum Gasteiger partial charge on any atom is 0.469 e. The van der Waals surface area contributed by atoms with E-state index in [0.29, 0.717) is 13.0 Å². The molecule has 110 valence electrons. The summed E-state index contributed by atoms with van der Waals surface area (Å²) >= 11 is 0. The van der Waals surface area contributed by atoms with Crippen LogP contribution in [-0.2, 0) is 13.8 Å². The van der Waals surface area contributed by atoms with Crippen molar-refractivity contribution in [2.45, 2.75) is 58.3 Å². The average molecular weight is 282 g/mol. The smallest absolute Gasteiger partial charge is 0.381 e. The first-order valence-electron chi connectivity index (χ1n) is 6.84. The molecule has 2 N–H and O–H groups in total. The van der Waals surface area contributed by atoms with Gasteiger partial charge in [0.2, 0.25) is 0 Å². The van der Waals surface area contributed by atoms with Gasteiger partial charge >= 0.3 is 7.82 Å². The molecule has 0 aliphatic carbocycles. The first kappa shape index (κ1) is 18.1. The van der Waals surface area contributed by atoms with Gasteiger partial charge in [-0.1, -0.05) is 39.0 Å². The summed E-state index contributed by atoms with van der Waals surface area (Å²) in [5, 5.41) is 0. The zero-order chi connectivity index (χ0) is 13.7. The molecule has 0 aromatic heterocycles. The van der Waals surface area contributed by atoms with Gasteiger partial charge in [0.25, 0.3) is 0 Å². The number of hydrogen-bond donors (Lipinski definition) is 2. The topological polar surface area (TPSA) is 76.0 Å². The summed E-state index contributed by atoms with van der Waals surface area (Å²) in [6, 6.07) is 0. The van der Waals surface area contributed by atoms with Crippen LogP contribution in [0.3, 0.4) is 0 Å². The molecule has 0 atom stereocenters. The highest BCUT2D eigenvalue weighted by atomic mass is 31.2. The predicted octanol–water partition coefficient (Wildman–Crippen LogP) is 3.25. The fourth-order valence-electron chi connectivity index (χ4n) is 1.58. The highest BCUT2D eigenvalue weighted by molar-refractivity contribution is 7.46. The molecule has 0 aliphatic rings. The molecule has 0 radical (unpaired) electrons. The molecule has 0 saturated heterocycles. The van der Waals surface area contributed by atoms with Crippen molar-refractivity contribution in [3.63, 3.8) is 0 Å². The minimum Gasteiger partial charge on any atom is -0.381 e. The van der Waals surface area contributed by atoms with Crippen molar-refractivity contribution in [3.8, 4) is 0 Å². The van der Waals surface area contributed by atoms with E-state index in [1.165, 1.54) is 32.1 Å². The molecule has 0 aromatic carbocycles. The van der Waals surface area contributed by atoms with Crippen molar-refractivity contribution in [2.75, 3.05) is 19.8 Å². The lowest BCUT2D eigenvalue weighted by atomic mass is 10.1. The van der Waals surface area contributed by atoms with E-state index >= 15 is 0 Å². The maximum atomic E-state index is 10.4. The fraction of sp³-hybridized carbons (Fsp3) is 1.00. The SMILES string of the molecule is CCCCCCCCOCCCCOP(=O)(O)O. The Hall–Kier alpha value is 0.0700. The van der Waals surface area contributed by atoms with Crippen LogP contribution < -0.4 is 0 Å². The van der Waals surface area contributed by atoms with E-state index < -0.39 is 7.82 Å². The van der Waals surface area contributed by atoms with Crippen LogP contribution in [0, 0.1) is 0 Å². The first-order chi connectivity index (χ1) is 8.56. The van der Waals surface area contributed by atoms with Gasteiger partial charge in [-0.2, -0.15) is 0 Å². The Morgan fingerprint density at radius 3 is 1.94 bits per heavy atom. The Bertz CT molecular complexity index is 217. The quantitative estimate of drug-likeness (QED) is 0.400. The summed E-state index contributed by atoms with van der Waals surface area (Å²) < 4.78 is 20.1. The van der Waals surface area contributed by atoms with E-state index in [1.54, 1.807) is 0 Å². The number of rotatable bonds is 13. The highest BCUT2D eigenvalue weighted by Crippen LogP contribution is 2.35. The van der Waals surface area contributed by atoms with Crippen molar-refractivity contribution in [2.24, 2.45) is 0 Å². The van der Waals surface area contributed by atoms with E-state index in [4.69, 9.17) is 14.5 Å². The molecule has 0 unspecified atom stereocenters. The second kappa shape index (κ2) is 12.1. The Balaban J connectivity index is 3.01. The van der Waals surface area contributed by atoms with Crippen LogP contribution >= 0.6 is 7.82 Å². The minimum absolute atomic E-state index is 0.0880. The van der Waals surface area contributed by atoms with Crippen LogP contribution in [0.15, 0.2) is 0 Å². The predicted molar refractivity (Wildman–Crippen MR) is 71.4 cm³/mol. The van der Waals surface area contributed by atoms with E-state index in [1.807, 2.05) is 0 Å². The maximum absolute atomic E-state index is 10.4. The van der Waals surface area contributed by atoms with Crippen molar-refractivity contribution in [3.05, 3.63) is 0 Å². The molecule has 0 aliphatic heterocycles. The Morgan fingerprint density at radius 2 is 1.33 bits per heavy atom. The Kier molecular flexibility index (Phi) is 12.2. The van der Waals surface area contributed by atoms with Crippen LogP contribution in [0.2, 0.25) is 0 Å². The summed E-state index contributed by atoms with van der Waals surface area (Å²) in [4.78, 5) is 16.9. The van der Waals surface area contributed by atoms with Gasteiger partial charge in [-0.05, 0) is 19.3 Å². The lowest BCUT2D eigenvalue weighted by Crippen LogP contribution is -1.99. The van der Waals surface area contributed by atoms with Gasteiger partial charge in [0.1, 0.15) is 0 Å². The van der Waals surface area contributed by atoms with Gasteiger partial charge in [-0.25, -0.2) is 4.57 Å². The number of phosphoric acid groups is 1. The third-order valence-corrected chi connectivity index (χ3v) is 3.10. The zero-order valence-electron chi connectivity index (χ0n) is 11.3. The van der Waals surface area contributed by atoms with Gasteiger partial charge in [0, 0.05) is 13.2 Å². The van der Waals surface area contributed by atoms with Gasteiger partial charge in [0.05, 0.1) is 6.61 Å². The molecule has 0 bridgehead atoms. The monoisotopic (exact) mass is 282 g/mol. The van der Waals surface area contributed by atoms with Gasteiger partial charge < -0.3 is 14.5 Å². The molecule has 18 heavy (non-hydrogen) atoms. The van der Waals surface area contributed by atoms with Gasteiger partial charge in [0.15, 0.2) is 0 Å². The van der Waals surface area contributed by atoms with Crippen LogP contribution in [0.5, 0.6) is 0 Å². The van der Waals surface area contributed by atoms with Gasteiger partial charge in [-0.15, -0.1) is 0 Å². The van der Waals surface area contributed by atoms with Crippen molar-refractivity contribution < 1.29 is 23.6 Å². The molecular weight excluding hydrogens is 255 g/mol. The van der Waals surface area contributed by atoms with Crippen LogP contribution in [-0.4, -0.2) is 29.6 Å². The zero-order valence-corrected chi connectivity index (χ0v) is 12.2. The normalized spacial score (nSPS) is 11.9. The number of unbranched alkanes of at least 4 members (excludes halogenated alkanes) is 6.